The minimum absolute atomic E-state index is 0. The topological polar surface area (TPSA) is 80.3 Å². The molecule has 0 saturated heterocycles. The van der Waals surface area contributed by atoms with Gasteiger partial charge in [-0.25, -0.2) is 0 Å². The second kappa shape index (κ2) is 5.23. The van der Waals surface area contributed by atoms with Crippen LogP contribution in [-0.4, -0.2) is 28.5 Å². The summed E-state index contributed by atoms with van der Waals surface area (Å²) in [5.74, 6) is 0. The minimum atomic E-state index is -5.17. The number of hydrogen-bond acceptors (Lipinski definition) is 4. The van der Waals surface area contributed by atoms with Gasteiger partial charge in [0.25, 0.3) is 0 Å². The molecule has 0 unspecified atom stereocenters. The zero-order valence-corrected chi connectivity index (χ0v) is 7.36. The molecule has 0 radical (unpaired) electrons. The Kier molecular flexibility index (Phi) is 11.7. The molecule has 0 aliphatic carbocycles. The Morgan fingerprint density at radius 1 is 1.14 bits per heavy atom. The molecular formula is NaO4SSi+3. The quantitative estimate of drug-likeness (QED) is 0.196. The third-order valence-electron chi connectivity index (χ3n) is 0. The molecule has 0 fully saturated rings. The molecule has 0 amide bonds. The summed E-state index contributed by atoms with van der Waals surface area (Å²) in [5.41, 5.74) is 0. The summed E-state index contributed by atoms with van der Waals surface area (Å²) in [7, 11) is -5.17. The van der Waals surface area contributed by atoms with Crippen LogP contribution in [0.5, 0.6) is 0 Å². The van der Waals surface area contributed by atoms with Crippen LogP contribution in [0.2, 0.25) is 0 Å². The summed E-state index contributed by atoms with van der Waals surface area (Å²) in [6.07, 6.45) is 0. The van der Waals surface area contributed by atoms with E-state index in [1.807, 2.05) is 0 Å². The fourth-order valence-electron chi connectivity index (χ4n) is 0. The molecule has 0 bridgehead atoms. The normalized spacial score (nSPS) is 8.29. The zero-order valence-electron chi connectivity index (χ0n) is 3.54. The van der Waals surface area contributed by atoms with Crippen molar-refractivity contribution in [1.82, 2.24) is 0 Å². The van der Waals surface area contributed by atoms with Gasteiger partial charge in [0, 0.05) is 10.4 Å². The summed E-state index contributed by atoms with van der Waals surface area (Å²) in [6, 6.07) is 0. The zero-order chi connectivity index (χ0) is 4.50. The predicted octanol–water partition coefficient (Wildman–Crippen LogP) is -4.71. The Morgan fingerprint density at radius 2 is 1.14 bits per heavy atom. The van der Waals surface area contributed by atoms with Gasteiger partial charge in [-0.3, -0.25) is 8.42 Å². The Labute approximate surface area is 68.2 Å². The molecular weight excluding hydrogens is 147 g/mol. The Balaban J connectivity index is -0.0000000800. The number of hydrogen-bond donors (Lipinski definition) is 0. The van der Waals surface area contributed by atoms with Crippen LogP contribution in [-0.2, 0) is 10.4 Å². The van der Waals surface area contributed by atoms with Gasteiger partial charge in [0.2, 0.25) is 0 Å². The molecule has 0 aliphatic heterocycles. The maximum atomic E-state index is 8.52. The summed E-state index contributed by atoms with van der Waals surface area (Å²) in [4.78, 5) is 0. The first-order chi connectivity index (χ1) is 2.00. The van der Waals surface area contributed by atoms with E-state index in [2.05, 4.69) is 0 Å². The second-order valence-electron chi connectivity index (χ2n) is 0.408. The number of rotatable bonds is 0. The van der Waals surface area contributed by atoms with Gasteiger partial charge < -0.3 is 9.11 Å². The Morgan fingerprint density at radius 3 is 1.14 bits per heavy atom. The second-order valence-corrected chi connectivity index (χ2v) is 1.22. The monoisotopic (exact) mass is 147 g/mol. The van der Waals surface area contributed by atoms with E-state index in [4.69, 9.17) is 17.5 Å². The van der Waals surface area contributed by atoms with Crippen molar-refractivity contribution < 1.29 is 47.1 Å². The first kappa shape index (κ1) is 15.7. The van der Waals surface area contributed by atoms with Gasteiger partial charge >= 0.3 is 40.5 Å². The van der Waals surface area contributed by atoms with Crippen LogP contribution in [0.25, 0.3) is 0 Å². The third-order valence-corrected chi connectivity index (χ3v) is 0. The molecule has 7 heavy (non-hydrogen) atoms. The van der Waals surface area contributed by atoms with Crippen LogP contribution in [0.3, 0.4) is 0 Å². The molecule has 4 nitrogen and oxygen atoms in total. The van der Waals surface area contributed by atoms with Crippen molar-refractivity contribution in [2.75, 3.05) is 0 Å². The summed E-state index contributed by atoms with van der Waals surface area (Å²) in [5, 5.41) is 0. The minimum Gasteiger partial charge on any atom is -0.759 e. The fraction of sp³-hybridized carbons (Fsp3) is 0. The molecule has 0 aromatic carbocycles. The van der Waals surface area contributed by atoms with Gasteiger partial charge in [-0.1, -0.05) is 0 Å². The summed E-state index contributed by atoms with van der Waals surface area (Å²) in [6.45, 7) is 0. The maximum absolute atomic E-state index is 8.52. The van der Waals surface area contributed by atoms with Gasteiger partial charge in [-0.2, -0.15) is 0 Å². The predicted molar refractivity (Wildman–Crippen MR) is 16.2 cm³/mol. The van der Waals surface area contributed by atoms with Gasteiger partial charge in [0.1, 0.15) is 0 Å². The molecule has 0 atom stereocenters. The van der Waals surface area contributed by atoms with Crippen LogP contribution in [0.15, 0.2) is 0 Å². The molecule has 0 N–H and O–H groups in total. The van der Waals surface area contributed by atoms with Gasteiger partial charge in [-0.05, 0) is 0 Å². The Bertz CT molecular complexity index is 94.9. The van der Waals surface area contributed by atoms with Crippen LogP contribution >= 0.6 is 0 Å². The van der Waals surface area contributed by atoms with Crippen molar-refractivity contribution in [3.63, 3.8) is 0 Å². The van der Waals surface area contributed by atoms with Crippen molar-refractivity contribution in [3.05, 3.63) is 0 Å². The van der Waals surface area contributed by atoms with E-state index in [9.17, 15) is 0 Å². The molecule has 0 aliphatic rings. The van der Waals surface area contributed by atoms with Crippen LogP contribution in [0.4, 0.5) is 0 Å². The largest absolute Gasteiger partial charge is 4.00 e. The molecule has 0 heterocycles. The van der Waals surface area contributed by atoms with Crippen LogP contribution in [0.1, 0.15) is 0 Å². The summed E-state index contributed by atoms with van der Waals surface area (Å²) >= 11 is 0. The van der Waals surface area contributed by atoms with Gasteiger partial charge in [0.05, 0.1) is 0 Å². The molecule has 0 saturated carbocycles. The van der Waals surface area contributed by atoms with E-state index >= 15 is 0 Å². The van der Waals surface area contributed by atoms with E-state index in [1.165, 1.54) is 0 Å². The Hall–Kier alpha value is 1.09. The standard InChI is InChI=1S/Na.H2O4S.Si/c;1-5(2,3)4;/h;(H2,1,2,3,4);/q+1;;+4/p-2. The summed E-state index contributed by atoms with van der Waals surface area (Å²) < 4.78 is 34.1. The van der Waals surface area contributed by atoms with Crippen molar-refractivity contribution in [2.45, 2.75) is 0 Å². The van der Waals surface area contributed by atoms with Crippen molar-refractivity contribution in [2.24, 2.45) is 0 Å². The van der Waals surface area contributed by atoms with E-state index < -0.39 is 10.4 Å². The van der Waals surface area contributed by atoms with Crippen LogP contribution < -0.4 is 29.6 Å². The third kappa shape index (κ3) is 155. The van der Waals surface area contributed by atoms with E-state index in [1.54, 1.807) is 0 Å². The first-order valence-corrected chi connectivity index (χ1v) is 2.00. The van der Waals surface area contributed by atoms with Crippen LogP contribution in [0, 0.1) is 0 Å². The molecule has 0 spiro atoms. The molecule has 32 valence electrons. The van der Waals surface area contributed by atoms with E-state index in [0.717, 1.165) is 0 Å². The van der Waals surface area contributed by atoms with Gasteiger partial charge in [0.15, 0.2) is 0 Å². The average molecular weight is 147 g/mol. The average Bonchev–Trinajstić information content (AvgIpc) is 0.722. The SMILES string of the molecule is O=S(=O)([O-])[O-].[Na+].[Si+4]. The fourth-order valence-corrected chi connectivity index (χ4v) is 0. The van der Waals surface area contributed by atoms with Crippen molar-refractivity contribution >= 4 is 21.4 Å². The van der Waals surface area contributed by atoms with E-state index in [0.29, 0.717) is 0 Å². The van der Waals surface area contributed by atoms with Crippen molar-refractivity contribution in [3.8, 4) is 0 Å². The molecule has 0 aromatic heterocycles. The maximum Gasteiger partial charge on any atom is 4.00 e. The first-order valence-electron chi connectivity index (χ1n) is 0.667. The molecule has 0 aromatic rings. The van der Waals surface area contributed by atoms with Crippen molar-refractivity contribution in [1.29, 1.82) is 0 Å². The van der Waals surface area contributed by atoms with Gasteiger partial charge in [-0.15, -0.1) is 0 Å². The molecule has 0 rings (SSSR count). The molecule has 7 heteroatoms. The smallest absolute Gasteiger partial charge is 0.759 e. The van der Waals surface area contributed by atoms with E-state index in [-0.39, 0.29) is 40.5 Å².